The number of hydrogen-bond donors (Lipinski definition) is 2. The number of rotatable bonds is 4. The highest BCUT2D eigenvalue weighted by Gasteiger charge is 2.07. The van der Waals surface area contributed by atoms with Gasteiger partial charge in [0.2, 0.25) is 5.91 Å². The van der Waals surface area contributed by atoms with Crippen molar-refractivity contribution < 1.29 is 4.79 Å². The average Bonchev–Trinajstić information content (AvgIpc) is 2.22. The minimum atomic E-state index is 0.0374. The van der Waals surface area contributed by atoms with Gasteiger partial charge in [-0.05, 0) is 18.1 Å². The Kier molecular flexibility index (Phi) is 5.19. The van der Waals surface area contributed by atoms with Crippen molar-refractivity contribution in [1.82, 2.24) is 5.32 Å². The Labute approximate surface area is 104 Å². The molecule has 1 aromatic carbocycles. The Balaban J connectivity index is 2.64. The molecule has 15 heavy (non-hydrogen) atoms. The third-order valence-electron chi connectivity index (χ3n) is 2.06. The van der Waals surface area contributed by atoms with Gasteiger partial charge in [0.15, 0.2) is 0 Å². The molecular weight excluding hydrogens is 274 g/mol. The molecule has 82 valence electrons. The Morgan fingerprint density at radius 1 is 1.53 bits per heavy atom. The molecule has 0 heterocycles. The lowest BCUT2D eigenvalue weighted by Gasteiger charge is -2.07. The van der Waals surface area contributed by atoms with E-state index >= 15 is 0 Å². The summed E-state index contributed by atoms with van der Waals surface area (Å²) < 4.78 is 1.02. The quantitative estimate of drug-likeness (QED) is 0.818. The first-order chi connectivity index (χ1) is 7.15. The van der Waals surface area contributed by atoms with Crippen molar-refractivity contribution in [2.45, 2.75) is 13.3 Å². The number of carbonyl (C=O) groups is 1. The van der Waals surface area contributed by atoms with Crippen LogP contribution in [0.15, 0.2) is 22.7 Å². The van der Waals surface area contributed by atoms with Crippen LogP contribution in [-0.4, -0.2) is 18.2 Å². The van der Waals surface area contributed by atoms with Gasteiger partial charge in [-0.1, -0.05) is 34.1 Å². The summed E-state index contributed by atoms with van der Waals surface area (Å²) in [4.78, 5) is 11.5. The molecule has 0 saturated heterocycles. The minimum Gasteiger partial charge on any atom is -0.355 e. The molecule has 0 unspecified atom stereocenters. The van der Waals surface area contributed by atoms with E-state index in [0.29, 0.717) is 18.7 Å². The van der Waals surface area contributed by atoms with Gasteiger partial charge in [-0.25, -0.2) is 0 Å². The molecule has 0 radical (unpaired) electrons. The van der Waals surface area contributed by atoms with Gasteiger partial charge >= 0.3 is 0 Å². The van der Waals surface area contributed by atoms with Gasteiger partial charge in [0.1, 0.15) is 0 Å². The van der Waals surface area contributed by atoms with E-state index in [1.165, 1.54) is 0 Å². The third-order valence-corrected chi connectivity index (χ3v) is 3.42. The van der Waals surface area contributed by atoms with Crippen LogP contribution in [0, 0.1) is 6.92 Å². The molecule has 1 amide bonds. The second kappa shape index (κ2) is 6.18. The number of amides is 1. The maximum absolute atomic E-state index is 11.5. The van der Waals surface area contributed by atoms with Crippen LogP contribution in [0.3, 0.4) is 0 Å². The first-order valence-electron chi connectivity index (χ1n) is 4.76. The van der Waals surface area contributed by atoms with E-state index in [-0.39, 0.29) is 5.91 Å². The predicted octanol–water partition coefficient (Wildman–Crippen LogP) is 2.35. The zero-order chi connectivity index (χ0) is 11.3. The van der Waals surface area contributed by atoms with Crippen LogP contribution in [0.4, 0.5) is 0 Å². The van der Waals surface area contributed by atoms with Crippen LogP contribution in [-0.2, 0) is 11.2 Å². The summed E-state index contributed by atoms with van der Waals surface area (Å²) in [6, 6.07) is 5.93. The van der Waals surface area contributed by atoms with Crippen LogP contribution in [0.2, 0.25) is 0 Å². The van der Waals surface area contributed by atoms with Crippen LogP contribution in [0.25, 0.3) is 0 Å². The lowest BCUT2D eigenvalue weighted by atomic mass is 10.1. The van der Waals surface area contributed by atoms with Gasteiger partial charge in [-0.3, -0.25) is 4.79 Å². The molecule has 0 bridgehead atoms. The average molecular weight is 288 g/mol. The summed E-state index contributed by atoms with van der Waals surface area (Å²) in [5, 5.41) is 2.79. The number of thiol groups is 1. The van der Waals surface area contributed by atoms with Crippen molar-refractivity contribution >= 4 is 34.5 Å². The third kappa shape index (κ3) is 3.87. The number of halogens is 1. The molecule has 0 aromatic heterocycles. The SMILES string of the molecule is Cc1cccc(CC(=O)NCCS)c1Br. The summed E-state index contributed by atoms with van der Waals surface area (Å²) >= 11 is 7.52. The van der Waals surface area contributed by atoms with Crippen molar-refractivity contribution in [2.24, 2.45) is 0 Å². The molecule has 0 aliphatic carbocycles. The molecule has 1 rings (SSSR count). The molecule has 0 saturated carbocycles. The first-order valence-corrected chi connectivity index (χ1v) is 6.19. The standard InChI is InChI=1S/C11H14BrNOS/c1-8-3-2-4-9(11(8)12)7-10(14)13-5-6-15/h2-4,15H,5-7H2,1H3,(H,13,14). The van der Waals surface area contributed by atoms with E-state index in [4.69, 9.17) is 0 Å². The van der Waals surface area contributed by atoms with E-state index in [0.717, 1.165) is 15.6 Å². The van der Waals surface area contributed by atoms with Crippen molar-refractivity contribution in [2.75, 3.05) is 12.3 Å². The highest BCUT2D eigenvalue weighted by molar-refractivity contribution is 9.10. The minimum absolute atomic E-state index is 0.0374. The summed E-state index contributed by atoms with van der Waals surface area (Å²) in [5.41, 5.74) is 2.17. The van der Waals surface area contributed by atoms with E-state index in [1.54, 1.807) is 0 Å². The molecule has 4 heteroatoms. The molecule has 2 nitrogen and oxygen atoms in total. The zero-order valence-electron chi connectivity index (χ0n) is 8.59. The van der Waals surface area contributed by atoms with E-state index < -0.39 is 0 Å². The van der Waals surface area contributed by atoms with Gasteiger partial charge in [0.25, 0.3) is 0 Å². The van der Waals surface area contributed by atoms with Gasteiger partial charge in [-0.2, -0.15) is 12.6 Å². The van der Waals surface area contributed by atoms with Gasteiger partial charge in [0.05, 0.1) is 6.42 Å². The van der Waals surface area contributed by atoms with Crippen LogP contribution in [0.1, 0.15) is 11.1 Å². The molecule has 0 atom stereocenters. The van der Waals surface area contributed by atoms with Crippen LogP contribution in [0.5, 0.6) is 0 Å². The van der Waals surface area contributed by atoms with Crippen molar-refractivity contribution in [1.29, 1.82) is 0 Å². The van der Waals surface area contributed by atoms with E-state index in [1.807, 2.05) is 25.1 Å². The van der Waals surface area contributed by atoms with Crippen LogP contribution < -0.4 is 5.32 Å². The topological polar surface area (TPSA) is 29.1 Å². The van der Waals surface area contributed by atoms with Crippen molar-refractivity contribution in [3.05, 3.63) is 33.8 Å². The lowest BCUT2D eigenvalue weighted by molar-refractivity contribution is -0.120. The Morgan fingerprint density at radius 2 is 2.27 bits per heavy atom. The van der Waals surface area contributed by atoms with Crippen molar-refractivity contribution in [3.63, 3.8) is 0 Å². The molecule has 0 spiro atoms. The highest BCUT2D eigenvalue weighted by atomic mass is 79.9. The maximum Gasteiger partial charge on any atom is 0.224 e. The van der Waals surface area contributed by atoms with Gasteiger partial charge in [0, 0.05) is 16.8 Å². The molecule has 1 N–H and O–H groups in total. The molecule has 0 fully saturated rings. The number of hydrogen-bond acceptors (Lipinski definition) is 2. The second-order valence-electron chi connectivity index (χ2n) is 3.30. The molecule has 0 aliphatic rings. The van der Waals surface area contributed by atoms with E-state index in [2.05, 4.69) is 33.9 Å². The molecule has 0 aliphatic heterocycles. The zero-order valence-corrected chi connectivity index (χ0v) is 11.1. The number of benzene rings is 1. The summed E-state index contributed by atoms with van der Waals surface area (Å²) in [7, 11) is 0. The first kappa shape index (κ1) is 12.6. The Hall–Kier alpha value is -0.480. The number of carbonyl (C=O) groups excluding carboxylic acids is 1. The predicted molar refractivity (Wildman–Crippen MR) is 69.4 cm³/mol. The monoisotopic (exact) mass is 287 g/mol. The fourth-order valence-electron chi connectivity index (χ4n) is 1.28. The van der Waals surface area contributed by atoms with E-state index in [9.17, 15) is 4.79 Å². The second-order valence-corrected chi connectivity index (χ2v) is 4.54. The smallest absolute Gasteiger partial charge is 0.224 e. The normalized spacial score (nSPS) is 10.1. The summed E-state index contributed by atoms with van der Waals surface area (Å²) in [6.07, 6.45) is 0.413. The molecule has 1 aromatic rings. The van der Waals surface area contributed by atoms with Gasteiger partial charge in [-0.15, -0.1) is 0 Å². The highest BCUT2D eigenvalue weighted by Crippen LogP contribution is 2.21. The summed E-state index contributed by atoms with van der Waals surface area (Å²) in [6.45, 7) is 2.63. The number of aryl methyl sites for hydroxylation is 1. The Bertz CT molecular complexity index is 354. The largest absolute Gasteiger partial charge is 0.355 e. The van der Waals surface area contributed by atoms with Crippen LogP contribution >= 0.6 is 28.6 Å². The summed E-state index contributed by atoms with van der Waals surface area (Å²) in [5.74, 6) is 0.705. The van der Waals surface area contributed by atoms with Gasteiger partial charge < -0.3 is 5.32 Å². The maximum atomic E-state index is 11.5. The molecular formula is C11H14BrNOS. The fourth-order valence-corrected chi connectivity index (χ4v) is 1.79. The van der Waals surface area contributed by atoms with Crippen molar-refractivity contribution in [3.8, 4) is 0 Å². The Morgan fingerprint density at radius 3 is 2.93 bits per heavy atom. The number of nitrogens with one attached hydrogen (secondary N) is 1. The lowest BCUT2D eigenvalue weighted by Crippen LogP contribution is -2.27. The fraction of sp³-hybridized carbons (Fsp3) is 0.364.